The molecule has 0 N–H and O–H groups in total. The highest BCUT2D eigenvalue weighted by Crippen LogP contribution is 2.31. The van der Waals surface area contributed by atoms with E-state index in [1.165, 1.54) is 11.3 Å². The molecule has 2 aromatic heterocycles. The third-order valence-electron chi connectivity index (χ3n) is 3.25. The average Bonchev–Trinajstić information content (AvgIpc) is 3.04. The van der Waals surface area contributed by atoms with Crippen molar-refractivity contribution in [2.45, 2.75) is 13.8 Å². The lowest BCUT2D eigenvalue weighted by Gasteiger charge is -2.09. The molecule has 0 aliphatic carbocycles. The Labute approximate surface area is 132 Å². The zero-order chi connectivity index (χ0) is 15.7. The highest BCUT2D eigenvalue weighted by molar-refractivity contribution is 7.20. The number of fused-ring (bicyclic) bond motifs is 1. The molecule has 3 rings (SSSR count). The van der Waals surface area contributed by atoms with Crippen LogP contribution in [-0.2, 0) is 7.05 Å². The molecular formula is C16H16N2O3S. The fourth-order valence-electron chi connectivity index (χ4n) is 2.27. The maximum atomic E-state index is 12.4. The summed E-state index contributed by atoms with van der Waals surface area (Å²) in [5, 5.41) is 5.31. The number of aromatic nitrogens is 2. The summed E-state index contributed by atoms with van der Waals surface area (Å²) in [6, 6.07) is 8.99. The van der Waals surface area contributed by atoms with Crippen LogP contribution in [0.3, 0.4) is 0 Å². The lowest BCUT2D eigenvalue weighted by Crippen LogP contribution is -2.07. The number of carbonyl (C=O) groups excluding carboxylic acids is 1. The number of thiophene rings is 1. The lowest BCUT2D eigenvalue weighted by molar-refractivity contribution is 0.0733. The molecule has 0 unspecified atom stereocenters. The highest BCUT2D eigenvalue weighted by Gasteiger charge is 2.18. The molecule has 0 atom stereocenters. The molecule has 3 aromatic rings. The number of benzene rings is 1. The van der Waals surface area contributed by atoms with Crippen molar-refractivity contribution in [3.63, 3.8) is 0 Å². The summed E-state index contributed by atoms with van der Waals surface area (Å²) >= 11 is 1.38. The summed E-state index contributed by atoms with van der Waals surface area (Å²) in [5.74, 6) is 0.617. The molecule has 1 aromatic carbocycles. The Balaban J connectivity index is 1.89. The Kier molecular flexibility index (Phi) is 3.85. The smallest absolute Gasteiger partial charge is 0.353 e. The molecule has 0 saturated carbocycles. The zero-order valence-corrected chi connectivity index (χ0v) is 13.4. The normalized spacial score (nSPS) is 10.9. The average molecular weight is 316 g/mol. The molecule has 0 saturated heterocycles. The minimum absolute atomic E-state index is 0.382. The van der Waals surface area contributed by atoms with Crippen LogP contribution in [0.1, 0.15) is 22.3 Å². The number of esters is 1. The van der Waals surface area contributed by atoms with E-state index in [0.29, 0.717) is 23.0 Å². The topological polar surface area (TPSA) is 53.4 Å². The minimum atomic E-state index is -0.382. The highest BCUT2D eigenvalue weighted by atomic mass is 32.1. The largest absolute Gasteiger partial charge is 0.490 e. The Hall–Kier alpha value is -2.34. The number of hydrogen-bond donors (Lipinski definition) is 0. The summed E-state index contributed by atoms with van der Waals surface area (Å²) in [7, 11) is 1.87. The van der Waals surface area contributed by atoms with E-state index in [1.54, 1.807) is 16.8 Å². The molecule has 0 bridgehead atoms. The number of aryl methyl sites for hydroxylation is 2. The van der Waals surface area contributed by atoms with Gasteiger partial charge in [0, 0.05) is 12.4 Å². The van der Waals surface area contributed by atoms with E-state index in [9.17, 15) is 4.79 Å². The van der Waals surface area contributed by atoms with Crippen molar-refractivity contribution in [3.05, 3.63) is 40.9 Å². The van der Waals surface area contributed by atoms with Gasteiger partial charge in [0.1, 0.15) is 9.71 Å². The molecule has 0 aliphatic rings. The van der Waals surface area contributed by atoms with Gasteiger partial charge < -0.3 is 9.47 Å². The number of rotatable bonds is 4. The number of para-hydroxylation sites is 2. The van der Waals surface area contributed by atoms with Gasteiger partial charge in [-0.2, -0.15) is 5.10 Å². The van der Waals surface area contributed by atoms with E-state index in [4.69, 9.17) is 9.47 Å². The molecular weight excluding hydrogens is 300 g/mol. The van der Waals surface area contributed by atoms with E-state index < -0.39 is 0 Å². The third kappa shape index (κ3) is 2.57. The van der Waals surface area contributed by atoms with Gasteiger partial charge in [-0.3, -0.25) is 4.68 Å². The van der Waals surface area contributed by atoms with Gasteiger partial charge in [0.05, 0.1) is 12.3 Å². The lowest BCUT2D eigenvalue weighted by atomic mass is 10.3. The molecule has 0 amide bonds. The molecule has 6 heteroatoms. The second-order valence-electron chi connectivity index (χ2n) is 4.81. The van der Waals surface area contributed by atoms with Crippen molar-refractivity contribution in [1.29, 1.82) is 0 Å². The summed E-state index contributed by atoms with van der Waals surface area (Å²) in [5.41, 5.74) is 0.905. The molecule has 22 heavy (non-hydrogen) atoms. The summed E-state index contributed by atoms with van der Waals surface area (Å²) in [6.45, 7) is 4.33. The zero-order valence-electron chi connectivity index (χ0n) is 12.6. The van der Waals surface area contributed by atoms with Gasteiger partial charge in [-0.05, 0) is 32.0 Å². The fourth-order valence-corrected chi connectivity index (χ4v) is 3.26. The van der Waals surface area contributed by atoms with Crippen molar-refractivity contribution >= 4 is 27.5 Å². The Morgan fingerprint density at radius 1 is 1.32 bits per heavy atom. The Morgan fingerprint density at radius 3 is 2.73 bits per heavy atom. The summed E-state index contributed by atoms with van der Waals surface area (Å²) in [4.78, 5) is 13.9. The van der Waals surface area contributed by atoms with E-state index in [0.717, 1.165) is 15.9 Å². The van der Waals surface area contributed by atoms with Gasteiger partial charge in [0.2, 0.25) is 0 Å². The van der Waals surface area contributed by atoms with Crippen molar-refractivity contribution in [1.82, 2.24) is 9.78 Å². The summed E-state index contributed by atoms with van der Waals surface area (Å²) in [6.07, 6.45) is 0. The van der Waals surface area contributed by atoms with Gasteiger partial charge in [0.25, 0.3) is 0 Å². The van der Waals surface area contributed by atoms with Crippen LogP contribution in [0, 0.1) is 6.92 Å². The predicted molar refractivity (Wildman–Crippen MR) is 85.9 cm³/mol. The van der Waals surface area contributed by atoms with Crippen molar-refractivity contribution in [2.75, 3.05) is 6.61 Å². The van der Waals surface area contributed by atoms with E-state index in [1.807, 2.05) is 39.1 Å². The second kappa shape index (κ2) is 5.81. The van der Waals surface area contributed by atoms with E-state index >= 15 is 0 Å². The van der Waals surface area contributed by atoms with Crippen LogP contribution >= 0.6 is 11.3 Å². The van der Waals surface area contributed by atoms with Crippen LogP contribution in [0.25, 0.3) is 10.2 Å². The van der Waals surface area contributed by atoms with Gasteiger partial charge in [-0.25, -0.2) is 4.79 Å². The van der Waals surface area contributed by atoms with Crippen LogP contribution in [0.5, 0.6) is 11.5 Å². The first-order chi connectivity index (χ1) is 10.6. The molecule has 5 nitrogen and oxygen atoms in total. The second-order valence-corrected chi connectivity index (χ2v) is 5.84. The predicted octanol–water partition coefficient (Wildman–Crippen LogP) is 3.56. The molecule has 0 fully saturated rings. The van der Waals surface area contributed by atoms with Gasteiger partial charge >= 0.3 is 5.97 Å². The first kappa shape index (κ1) is 14.6. The van der Waals surface area contributed by atoms with Crippen LogP contribution in [0.2, 0.25) is 0 Å². The first-order valence-electron chi connectivity index (χ1n) is 6.97. The third-order valence-corrected chi connectivity index (χ3v) is 4.43. The number of ether oxygens (including phenoxy) is 2. The number of hydrogen-bond acceptors (Lipinski definition) is 5. The Bertz CT molecular complexity index is 801. The Morgan fingerprint density at radius 2 is 2.05 bits per heavy atom. The molecule has 0 spiro atoms. The van der Waals surface area contributed by atoms with Crippen molar-refractivity contribution in [2.24, 2.45) is 7.05 Å². The molecule has 0 radical (unpaired) electrons. The van der Waals surface area contributed by atoms with Gasteiger partial charge in [-0.1, -0.05) is 12.1 Å². The maximum Gasteiger partial charge on any atom is 0.353 e. The number of carbonyl (C=O) groups is 1. The van der Waals surface area contributed by atoms with E-state index in [-0.39, 0.29) is 5.97 Å². The van der Waals surface area contributed by atoms with Gasteiger partial charge in [0.15, 0.2) is 11.5 Å². The quantitative estimate of drug-likeness (QED) is 0.545. The number of nitrogens with zero attached hydrogens (tertiary/aromatic N) is 2. The van der Waals surface area contributed by atoms with Crippen molar-refractivity contribution < 1.29 is 14.3 Å². The van der Waals surface area contributed by atoms with Crippen molar-refractivity contribution in [3.8, 4) is 11.5 Å². The minimum Gasteiger partial charge on any atom is -0.490 e. The monoisotopic (exact) mass is 316 g/mol. The van der Waals surface area contributed by atoms with Crippen LogP contribution in [0.4, 0.5) is 0 Å². The van der Waals surface area contributed by atoms with Crippen LogP contribution < -0.4 is 9.47 Å². The van der Waals surface area contributed by atoms with Crippen LogP contribution in [0.15, 0.2) is 30.3 Å². The summed E-state index contributed by atoms with van der Waals surface area (Å²) < 4.78 is 12.7. The standard InChI is InChI=1S/C16H16N2O3S/c1-4-20-12-7-5-6-8-13(12)21-16(19)14-9-11-10(2)17-18(3)15(11)22-14/h5-9H,4H2,1-3H3. The molecule has 114 valence electrons. The van der Waals surface area contributed by atoms with Gasteiger partial charge in [-0.15, -0.1) is 11.3 Å². The van der Waals surface area contributed by atoms with Crippen LogP contribution in [-0.4, -0.2) is 22.4 Å². The molecule has 0 aliphatic heterocycles. The fraction of sp³-hybridized carbons (Fsp3) is 0.250. The maximum absolute atomic E-state index is 12.4. The molecule has 2 heterocycles. The SMILES string of the molecule is CCOc1ccccc1OC(=O)c1cc2c(C)nn(C)c2s1. The van der Waals surface area contributed by atoms with E-state index in [2.05, 4.69) is 5.10 Å². The first-order valence-corrected chi connectivity index (χ1v) is 7.79.